The molecule has 104 valence electrons. The van der Waals surface area contributed by atoms with E-state index in [0.717, 1.165) is 18.5 Å². The van der Waals surface area contributed by atoms with E-state index in [1.54, 1.807) is 4.90 Å². The van der Waals surface area contributed by atoms with Gasteiger partial charge in [0.25, 0.3) is 0 Å². The molecule has 0 bridgehead atoms. The fourth-order valence-corrected chi connectivity index (χ4v) is 2.74. The Morgan fingerprint density at radius 1 is 1.26 bits per heavy atom. The van der Waals surface area contributed by atoms with Gasteiger partial charge in [0, 0.05) is 18.8 Å². The molecule has 1 amide bonds. The quantitative estimate of drug-likeness (QED) is 0.816. The summed E-state index contributed by atoms with van der Waals surface area (Å²) in [6.07, 6.45) is 3.30. The number of carbonyl (C=O) groups excluding carboxylic acids is 1. The first kappa shape index (κ1) is 14.1. The minimum atomic E-state index is 0.0232. The van der Waals surface area contributed by atoms with Crippen LogP contribution >= 0.6 is 0 Å². The average molecular weight is 260 g/mol. The van der Waals surface area contributed by atoms with Gasteiger partial charge in [-0.2, -0.15) is 0 Å². The monoisotopic (exact) mass is 260 g/mol. The normalized spacial score (nSPS) is 24.2. The van der Waals surface area contributed by atoms with Crippen molar-refractivity contribution >= 4 is 11.6 Å². The standard InChI is InChI=1S/C16H24N2O/c1-12-8-10-14(11-9-12)18(4)16(19)15-7-5-6-13(2)17(15)3/h8-11,13,15H,5-7H2,1-4H3. The summed E-state index contributed by atoms with van der Waals surface area (Å²) in [5, 5.41) is 0. The Morgan fingerprint density at radius 2 is 1.89 bits per heavy atom. The number of likely N-dealkylation sites (tertiary alicyclic amines) is 1. The van der Waals surface area contributed by atoms with Crippen molar-refractivity contribution in [3.8, 4) is 0 Å². The van der Waals surface area contributed by atoms with Crippen molar-refractivity contribution in [3.05, 3.63) is 29.8 Å². The smallest absolute Gasteiger partial charge is 0.244 e. The summed E-state index contributed by atoms with van der Waals surface area (Å²) in [7, 11) is 3.94. The predicted octanol–water partition coefficient (Wildman–Crippen LogP) is 2.83. The number of nitrogens with zero attached hydrogens (tertiary/aromatic N) is 2. The molecule has 3 heteroatoms. The van der Waals surface area contributed by atoms with Gasteiger partial charge >= 0.3 is 0 Å². The molecular formula is C16H24N2O. The molecule has 2 atom stereocenters. The molecule has 1 aromatic carbocycles. The SMILES string of the molecule is Cc1ccc(N(C)C(=O)C2CCCC(C)N2C)cc1. The molecule has 1 aromatic rings. The highest BCUT2D eigenvalue weighted by Crippen LogP contribution is 2.24. The number of benzene rings is 1. The van der Waals surface area contributed by atoms with Gasteiger partial charge in [0.1, 0.15) is 0 Å². The topological polar surface area (TPSA) is 23.6 Å². The summed E-state index contributed by atoms with van der Waals surface area (Å²) in [5.74, 6) is 0.206. The van der Waals surface area contributed by atoms with E-state index < -0.39 is 0 Å². The van der Waals surface area contributed by atoms with Crippen LogP contribution < -0.4 is 4.90 Å². The van der Waals surface area contributed by atoms with Crippen LogP contribution in [0.5, 0.6) is 0 Å². The molecule has 0 spiro atoms. The van der Waals surface area contributed by atoms with E-state index in [2.05, 4.69) is 25.8 Å². The van der Waals surface area contributed by atoms with Crippen LogP contribution in [-0.2, 0) is 4.79 Å². The number of hydrogen-bond acceptors (Lipinski definition) is 2. The van der Waals surface area contributed by atoms with Crippen molar-refractivity contribution in [2.75, 3.05) is 19.0 Å². The maximum absolute atomic E-state index is 12.6. The maximum atomic E-state index is 12.6. The molecule has 0 N–H and O–H groups in total. The van der Waals surface area contributed by atoms with Gasteiger partial charge in [0.2, 0.25) is 5.91 Å². The Bertz CT molecular complexity index is 441. The Kier molecular flexibility index (Phi) is 4.25. The van der Waals surface area contributed by atoms with E-state index >= 15 is 0 Å². The second kappa shape index (κ2) is 5.74. The number of aryl methyl sites for hydroxylation is 1. The molecule has 1 heterocycles. The predicted molar refractivity (Wildman–Crippen MR) is 79.5 cm³/mol. The van der Waals surface area contributed by atoms with Gasteiger partial charge in [-0.3, -0.25) is 9.69 Å². The molecule has 1 saturated heterocycles. The number of likely N-dealkylation sites (N-methyl/N-ethyl adjacent to an activating group) is 2. The Balaban J connectivity index is 2.12. The highest BCUT2D eigenvalue weighted by Gasteiger charge is 2.32. The summed E-state index contributed by atoms with van der Waals surface area (Å²) in [6, 6.07) is 8.64. The Morgan fingerprint density at radius 3 is 2.53 bits per heavy atom. The van der Waals surface area contributed by atoms with Crippen LogP contribution in [-0.4, -0.2) is 37.0 Å². The van der Waals surface area contributed by atoms with Crippen LogP contribution in [0.3, 0.4) is 0 Å². The third kappa shape index (κ3) is 2.98. The minimum absolute atomic E-state index is 0.0232. The van der Waals surface area contributed by atoms with Crippen LogP contribution in [0.15, 0.2) is 24.3 Å². The molecule has 0 aliphatic carbocycles. The van der Waals surface area contributed by atoms with E-state index in [0.29, 0.717) is 6.04 Å². The number of anilines is 1. The summed E-state index contributed by atoms with van der Waals surface area (Å²) in [5.41, 5.74) is 2.19. The van der Waals surface area contributed by atoms with Crippen molar-refractivity contribution < 1.29 is 4.79 Å². The lowest BCUT2D eigenvalue weighted by Gasteiger charge is -2.38. The van der Waals surface area contributed by atoms with Crippen LogP contribution in [0.2, 0.25) is 0 Å². The fourth-order valence-electron chi connectivity index (χ4n) is 2.74. The first-order valence-electron chi connectivity index (χ1n) is 7.07. The summed E-state index contributed by atoms with van der Waals surface area (Å²) in [4.78, 5) is 16.6. The van der Waals surface area contributed by atoms with Crippen LogP contribution in [0.25, 0.3) is 0 Å². The van der Waals surface area contributed by atoms with Gasteiger partial charge in [0.05, 0.1) is 6.04 Å². The third-order valence-corrected chi connectivity index (χ3v) is 4.32. The molecular weight excluding hydrogens is 236 g/mol. The van der Waals surface area contributed by atoms with Crippen molar-refractivity contribution in [1.29, 1.82) is 0 Å². The van der Waals surface area contributed by atoms with Crippen molar-refractivity contribution in [3.63, 3.8) is 0 Å². The van der Waals surface area contributed by atoms with E-state index in [-0.39, 0.29) is 11.9 Å². The lowest BCUT2D eigenvalue weighted by Crippen LogP contribution is -2.51. The fraction of sp³-hybridized carbons (Fsp3) is 0.562. The third-order valence-electron chi connectivity index (χ3n) is 4.32. The van der Waals surface area contributed by atoms with Crippen molar-refractivity contribution in [2.24, 2.45) is 0 Å². The van der Waals surface area contributed by atoms with Gasteiger partial charge < -0.3 is 4.90 Å². The van der Waals surface area contributed by atoms with Crippen molar-refractivity contribution in [1.82, 2.24) is 4.90 Å². The van der Waals surface area contributed by atoms with E-state index in [1.807, 2.05) is 31.3 Å². The Labute approximate surface area is 116 Å². The van der Waals surface area contributed by atoms with Gasteiger partial charge in [-0.1, -0.05) is 17.7 Å². The van der Waals surface area contributed by atoms with Crippen LogP contribution in [0.4, 0.5) is 5.69 Å². The zero-order valence-electron chi connectivity index (χ0n) is 12.4. The molecule has 0 radical (unpaired) electrons. The summed E-state index contributed by atoms with van der Waals surface area (Å²) < 4.78 is 0. The summed E-state index contributed by atoms with van der Waals surface area (Å²) >= 11 is 0. The molecule has 0 saturated carbocycles. The van der Waals surface area contributed by atoms with Gasteiger partial charge in [0.15, 0.2) is 0 Å². The summed E-state index contributed by atoms with van der Waals surface area (Å²) in [6.45, 7) is 4.26. The number of hydrogen-bond donors (Lipinski definition) is 0. The average Bonchev–Trinajstić information content (AvgIpc) is 2.41. The van der Waals surface area contributed by atoms with Gasteiger partial charge in [-0.05, 0) is 52.3 Å². The maximum Gasteiger partial charge on any atom is 0.244 e. The van der Waals surface area contributed by atoms with Crippen LogP contribution in [0.1, 0.15) is 31.7 Å². The molecule has 1 aliphatic heterocycles. The molecule has 19 heavy (non-hydrogen) atoms. The van der Waals surface area contributed by atoms with Gasteiger partial charge in [-0.15, -0.1) is 0 Å². The first-order chi connectivity index (χ1) is 9.00. The zero-order chi connectivity index (χ0) is 14.0. The molecule has 3 nitrogen and oxygen atoms in total. The first-order valence-corrected chi connectivity index (χ1v) is 7.07. The number of piperidine rings is 1. The largest absolute Gasteiger partial charge is 0.314 e. The highest BCUT2D eigenvalue weighted by molar-refractivity contribution is 5.96. The minimum Gasteiger partial charge on any atom is -0.314 e. The van der Waals surface area contributed by atoms with Gasteiger partial charge in [-0.25, -0.2) is 0 Å². The highest BCUT2D eigenvalue weighted by atomic mass is 16.2. The second-order valence-corrected chi connectivity index (χ2v) is 5.69. The lowest BCUT2D eigenvalue weighted by atomic mass is 9.96. The van der Waals surface area contributed by atoms with E-state index in [4.69, 9.17) is 0 Å². The number of carbonyl (C=O) groups is 1. The number of rotatable bonds is 2. The Hall–Kier alpha value is -1.35. The zero-order valence-corrected chi connectivity index (χ0v) is 12.4. The van der Waals surface area contributed by atoms with Crippen molar-refractivity contribution in [2.45, 2.75) is 45.2 Å². The molecule has 2 rings (SSSR count). The molecule has 1 fully saturated rings. The lowest BCUT2D eigenvalue weighted by molar-refractivity contribution is -0.125. The van der Waals surface area contributed by atoms with Crippen LogP contribution in [0, 0.1) is 6.92 Å². The molecule has 1 aliphatic rings. The molecule has 2 unspecified atom stereocenters. The number of amides is 1. The second-order valence-electron chi connectivity index (χ2n) is 5.69. The van der Waals surface area contributed by atoms with E-state index in [1.165, 1.54) is 12.0 Å². The molecule has 0 aromatic heterocycles. The van der Waals surface area contributed by atoms with E-state index in [9.17, 15) is 4.79 Å².